The van der Waals surface area contributed by atoms with Gasteiger partial charge in [0.2, 0.25) is 0 Å². The Morgan fingerprint density at radius 1 is 1.21 bits per heavy atom. The van der Waals surface area contributed by atoms with Crippen LogP contribution >= 0.6 is 0 Å². The van der Waals surface area contributed by atoms with Crippen molar-refractivity contribution < 1.29 is 14.2 Å². The maximum Gasteiger partial charge on any atom is 0.191 e. The molecule has 1 aromatic rings. The second kappa shape index (κ2) is 13.4. The highest BCUT2D eigenvalue weighted by molar-refractivity contribution is 5.79. The van der Waals surface area contributed by atoms with Gasteiger partial charge in [0, 0.05) is 45.5 Å². The molecule has 1 heterocycles. The van der Waals surface area contributed by atoms with Crippen molar-refractivity contribution in [3.05, 3.63) is 29.3 Å². The molecule has 0 aromatic heterocycles. The molecule has 0 saturated carbocycles. The molecule has 1 saturated heterocycles. The van der Waals surface area contributed by atoms with Crippen LogP contribution < -0.4 is 15.4 Å². The summed E-state index contributed by atoms with van der Waals surface area (Å²) >= 11 is 0. The highest BCUT2D eigenvalue weighted by Gasteiger charge is 2.13. The van der Waals surface area contributed by atoms with Gasteiger partial charge in [0.25, 0.3) is 0 Å². The fourth-order valence-corrected chi connectivity index (χ4v) is 3.12. The molecule has 1 aliphatic heterocycles. The van der Waals surface area contributed by atoms with Crippen molar-refractivity contribution in [2.24, 2.45) is 10.9 Å². The molecule has 6 nitrogen and oxygen atoms in total. The van der Waals surface area contributed by atoms with Gasteiger partial charge in [-0.25, -0.2) is 0 Å². The predicted octanol–water partition coefficient (Wildman–Crippen LogP) is 3.67. The average Bonchev–Trinajstić information content (AvgIpc) is 2.71. The molecule has 164 valence electrons. The molecule has 0 unspecified atom stereocenters. The van der Waals surface area contributed by atoms with Gasteiger partial charge < -0.3 is 24.8 Å². The molecule has 0 radical (unpaired) electrons. The van der Waals surface area contributed by atoms with E-state index in [9.17, 15) is 0 Å². The summed E-state index contributed by atoms with van der Waals surface area (Å²) in [5.41, 5.74) is 2.35. The van der Waals surface area contributed by atoms with Gasteiger partial charge in [-0.2, -0.15) is 0 Å². The number of aryl methyl sites for hydroxylation is 1. The first-order valence-corrected chi connectivity index (χ1v) is 10.9. The van der Waals surface area contributed by atoms with Gasteiger partial charge in [0.05, 0.1) is 12.7 Å². The summed E-state index contributed by atoms with van der Waals surface area (Å²) in [6.07, 6.45) is 4.38. The lowest BCUT2D eigenvalue weighted by molar-refractivity contribution is -0.0320. The Morgan fingerprint density at radius 2 is 2.00 bits per heavy atom. The van der Waals surface area contributed by atoms with Gasteiger partial charge >= 0.3 is 0 Å². The van der Waals surface area contributed by atoms with Crippen LogP contribution in [0, 0.1) is 12.8 Å². The van der Waals surface area contributed by atoms with Gasteiger partial charge in [-0.3, -0.25) is 4.99 Å². The lowest BCUT2D eigenvalue weighted by Crippen LogP contribution is -2.37. The molecule has 2 rings (SSSR count). The first kappa shape index (κ1) is 23.5. The van der Waals surface area contributed by atoms with E-state index < -0.39 is 0 Å². The molecule has 0 atom stereocenters. The molecule has 1 fully saturated rings. The van der Waals surface area contributed by atoms with E-state index in [1.165, 1.54) is 5.56 Å². The summed E-state index contributed by atoms with van der Waals surface area (Å²) in [4.78, 5) is 4.32. The van der Waals surface area contributed by atoms with Crippen molar-refractivity contribution in [1.82, 2.24) is 10.6 Å². The second-order valence-corrected chi connectivity index (χ2v) is 8.03. The fourth-order valence-electron chi connectivity index (χ4n) is 3.12. The van der Waals surface area contributed by atoms with Gasteiger partial charge in [0.1, 0.15) is 5.75 Å². The number of hydrogen-bond donors (Lipinski definition) is 2. The van der Waals surface area contributed by atoms with Crippen LogP contribution in [-0.4, -0.2) is 52.1 Å². The van der Waals surface area contributed by atoms with E-state index in [0.29, 0.717) is 18.6 Å². The monoisotopic (exact) mass is 405 g/mol. The van der Waals surface area contributed by atoms with E-state index >= 15 is 0 Å². The predicted molar refractivity (Wildman–Crippen MR) is 119 cm³/mol. The zero-order valence-corrected chi connectivity index (χ0v) is 18.6. The number of hydrogen-bond acceptors (Lipinski definition) is 4. The molecular formula is C23H39N3O3. The Balaban J connectivity index is 1.71. The van der Waals surface area contributed by atoms with E-state index in [2.05, 4.69) is 54.6 Å². The highest BCUT2D eigenvalue weighted by atomic mass is 16.5. The third-order valence-electron chi connectivity index (χ3n) is 4.98. The number of rotatable bonds is 11. The molecule has 1 aliphatic rings. The minimum atomic E-state index is 0.358. The topological polar surface area (TPSA) is 64.1 Å². The van der Waals surface area contributed by atoms with E-state index in [1.54, 1.807) is 7.05 Å². The fraction of sp³-hybridized carbons (Fsp3) is 0.696. The Morgan fingerprint density at radius 3 is 2.72 bits per heavy atom. The number of nitrogens with one attached hydrogen (secondary N) is 2. The third-order valence-corrected chi connectivity index (χ3v) is 4.98. The first-order chi connectivity index (χ1) is 14.1. The van der Waals surface area contributed by atoms with E-state index in [4.69, 9.17) is 14.2 Å². The number of aliphatic imine (C=N–C) groups is 1. The molecule has 0 aliphatic carbocycles. The van der Waals surface area contributed by atoms with Gasteiger partial charge in [-0.05, 0) is 50.2 Å². The summed E-state index contributed by atoms with van der Waals surface area (Å²) in [6, 6.07) is 6.36. The minimum Gasteiger partial charge on any atom is -0.493 e. The van der Waals surface area contributed by atoms with Crippen LogP contribution in [0.25, 0.3) is 0 Å². The highest BCUT2D eigenvalue weighted by Crippen LogP contribution is 2.21. The first-order valence-electron chi connectivity index (χ1n) is 10.9. The van der Waals surface area contributed by atoms with Crippen molar-refractivity contribution in [2.45, 2.75) is 59.1 Å². The largest absolute Gasteiger partial charge is 0.493 e. The zero-order valence-electron chi connectivity index (χ0n) is 18.6. The summed E-state index contributed by atoms with van der Waals surface area (Å²) < 4.78 is 17.3. The average molecular weight is 406 g/mol. The molecule has 2 N–H and O–H groups in total. The van der Waals surface area contributed by atoms with Crippen molar-refractivity contribution in [3.8, 4) is 5.75 Å². The van der Waals surface area contributed by atoms with Gasteiger partial charge in [0.15, 0.2) is 5.96 Å². The number of ether oxygens (including phenoxy) is 3. The molecular weight excluding hydrogens is 366 g/mol. The van der Waals surface area contributed by atoms with Crippen LogP contribution in [0.5, 0.6) is 5.75 Å². The summed E-state index contributed by atoms with van der Waals surface area (Å²) in [5.74, 6) is 2.39. The third kappa shape index (κ3) is 9.50. The molecule has 29 heavy (non-hydrogen) atoms. The Kier molecular flexibility index (Phi) is 10.9. The maximum absolute atomic E-state index is 6.04. The number of guanidine groups is 1. The normalized spacial score (nSPS) is 15.6. The molecule has 6 heteroatoms. The Labute approximate surface area is 176 Å². The summed E-state index contributed by atoms with van der Waals surface area (Å²) in [7, 11) is 1.79. The van der Waals surface area contributed by atoms with E-state index in [0.717, 1.165) is 75.9 Å². The Bertz CT molecular complexity index is 613. The van der Waals surface area contributed by atoms with Crippen LogP contribution in [0.4, 0.5) is 0 Å². The van der Waals surface area contributed by atoms with Crippen LogP contribution in [0.3, 0.4) is 0 Å². The van der Waals surface area contributed by atoms with E-state index in [-0.39, 0.29) is 0 Å². The van der Waals surface area contributed by atoms with Crippen molar-refractivity contribution in [2.75, 3.05) is 40.0 Å². The smallest absolute Gasteiger partial charge is 0.191 e. The Hall–Kier alpha value is -1.79. The quantitative estimate of drug-likeness (QED) is 0.334. The van der Waals surface area contributed by atoms with E-state index in [1.807, 2.05) is 0 Å². The lowest BCUT2D eigenvalue weighted by atomic mass is 10.1. The minimum absolute atomic E-state index is 0.358. The maximum atomic E-state index is 6.04. The zero-order chi connectivity index (χ0) is 20.9. The molecule has 1 aromatic carbocycles. The van der Waals surface area contributed by atoms with Crippen LogP contribution in [0.15, 0.2) is 23.2 Å². The lowest BCUT2D eigenvalue weighted by Gasteiger charge is -2.22. The molecule has 0 amide bonds. The van der Waals surface area contributed by atoms with Gasteiger partial charge in [-0.15, -0.1) is 0 Å². The molecule has 0 spiro atoms. The van der Waals surface area contributed by atoms with Crippen LogP contribution in [-0.2, 0) is 16.0 Å². The summed E-state index contributed by atoms with van der Waals surface area (Å²) in [5, 5.41) is 6.75. The van der Waals surface area contributed by atoms with Crippen LogP contribution in [0.2, 0.25) is 0 Å². The van der Waals surface area contributed by atoms with Crippen molar-refractivity contribution in [3.63, 3.8) is 0 Å². The molecule has 0 bridgehead atoms. The SMILES string of the molecule is CN=C(NCCCOC1CCOCC1)NCc1ccc(C)cc1OCCC(C)C. The van der Waals surface area contributed by atoms with Crippen molar-refractivity contribution in [1.29, 1.82) is 0 Å². The van der Waals surface area contributed by atoms with Gasteiger partial charge in [-0.1, -0.05) is 26.0 Å². The standard InChI is InChI=1S/C23H39N3O3/c1-18(2)8-15-29-22-16-19(3)6-7-20(22)17-26-23(24-4)25-11-5-12-28-21-9-13-27-14-10-21/h6-7,16,18,21H,5,8-15,17H2,1-4H3,(H2,24,25,26). The summed E-state index contributed by atoms with van der Waals surface area (Å²) in [6.45, 7) is 11.2. The second-order valence-electron chi connectivity index (χ2n) is 8.03. The van der Waals surface area contributed by atoms with Crippen LogP contribution in [0.1, 0.15) is 50.7 Å². The number of benzene rings is 1. The van der Waals surface area contributed by atoms with Crippen molar-refractivity contribution >= 4 is 5.96 Å². The number of nitrogens with zero attached hydrogens (tertiary/aromatic N) is 1.